The predicted molar refractivity (Wildman–Crippen MR) is 143 cm³/mol. The summed E-state index contributed by atoms with van der Waals surface area (Å²) in [5.74, 6) is 1.20. The Bertz CT molecular complexity index is 1590. The molecule has 0 aliphatic heterocycles. The van der Waals surface area contributed by atoms with Gasteiger partial charge in [-0.1, -0.05) is 18.2 Å². The second kappa shape index (κ2) is 9.96. The predicted octanol–water partition coefficient (Wildman–Crippen LogP) is 7.10. The highest BCUT2D eigenvalue weighted by atomic mass is 16.5. The van der Waals surface area contributed by atoms with Crippen molar-refractivity contribution in [1.29, 1.82) is 0 Å². The van der Waals surface area contributed by atoms with Gasteiger partial charge >= 0.3 is 0 Å². The van der Waals surface area contributed by atoms with Crippen LogP contribution in [-0.4, -0.2) is 24.6 Å². The molecule has 0 fully saturated rings. The highest BCUT2D eigenvalue weighted by Gasteiger charge is 2.16. The van der Waals surface area contributed by atoms with E-state index in [0.29, 0.717) is 23.6 Å². The van der Waals surface area contributed by atoms with Crippen molar-refractivity contribution >= 4 is 39.0 Å². The van der Waals surface area contributed by atoms with Crippen molar-refractivity contribution in [3.8, 4) is 22.6 Å². The monoisotopic (exact) mass is 478 g/mol. The average molecular weight is 479 g/mol. The van der Waals surface area contributed by atoms with Gasteiger partial charge in [0.15, 0.2) is 0 Å². The van der Waals surface area contributed by atoms with Gasteiger partial charge < -0.3 is 19.2 Å². The van der Waals surface area contributed by atoms with Gasteiger partial charge in [-0.15, -0.1) is 0 Å². The van der Waals surface area contributed by atoms with Gasteiger partial charge in [-0.25, -0.2) is 0 Å². The van der Waals surface area contributed by atoms with Crippen LogP contribution in [0.4, 0.5) is 5.69 Å². The first-order valence-corrected chi connectivity index (χ1v) is 11.7. The van der Waals surface area contributed by atoms with Crippen LogP contribution in [0.2, 0.25) is 0 Å². The minimum atomic E-state index is -0.230. The van der Waals surface area contributed by atoms with Crippen LogP contribution in [0, 0.1) is 0 Å². The number of carbonyl (C=O) groups is 1. The van der Waals surface area contributed by atoms with Crippen molar-refractivity contribution in [2.24, 2.45) is 0 Å². The number of rotatable bonds is 7. The van der Waals surface area contributed by atoms with Gasteiger partial charge in [0.2, 0.25) is 5.91 Å². The molecule has 36 heavy (non-hydrogen) atoms. The number of amides is 1. The number of allylic oxidation sites excluding steroid dienone is 1. The first kappa shape index (κ1) is 23.2. The third-order valence-corrected chi connectivity index (χ3v) is 6.03. The van der Waals surface area contributed by atoms with E-state index in [4.69, 9.17) is 13.9 Å². The summed E-state index contributed by atoms with van der Waals surface area (Å²) in [6.07, 6.45) is 5.06. The van der Waals surface area contributed by atoms with Crippen LogP contribution in [-0.2, 0) is 4.79 Å². The van der Waals surface area contributed by atoms with Crippen LogP contribution in [0.15, 0.2) is 89.7 Å². The summed E-state index contributed by atoms with van der Waals surface area (Å²) in [6.45, 7) is 4.32. The molecule has 0 saturated heterocycles. The number of ether oxygens (including phenoxy) is 2. The molecule has 0 atom stereocenters. The molecule has 0 bridgehead atoms. The molecule has 0 spiro atoms. The van der Waals surface area contributed by atoms with E-state index < -0.39 is 0 Å². The zero-order valence-electron chi connectivity index (χ0n) is 20.4. The Kier molecular flexibility index (Phi) is 6.41. The fourth-order valence-corrected chi connectivity index (χ4v) is 4.31. The summed E-state index contributed by atoms with van der Waals surface area (Å²) in [7, 11) is 1.65. The van der Waals surface area contributed by atoms with E-state index in [9.17, 15) is 4.79 Å². The fourth-order valence-electron chi connectivity index (χ4n) is 4.31. The number of methoxy groups -OCH3 is 1. The highest BCUT2D eigenvalue weighted by Crippen LogP contribution is 2.38. The van der Waals surface area contributed by atoms with Gasteiger partial charge in [-0.05, 0) is 67.4 Å². The number of carbonyl (C=O) groups excluding carboxylic acids is 1. The van der Waals surface area contributed by atoms with E-state index in [0.717, 1.165) is 44.3 Å². The molecule has 2 heterocycles. The van der Waals surface area contributed by atoms with Crippen molar-refractivity contribution in [1.82, 2.24) is 4.98 Å². The highest BCUT2D eigenvalue weighted by molar-refractivity contribution is 6.09. The Morgan fingerprint density at radius 2 is 1.92 bits per heavy atom. The van der Waals surface area contributed by atoms with Gasteiger partial charge in [0.05, 0.1) is 31.2 Å². The molecular weight excluding hydrogens is 452 g/mol. The zero-order chi connectivity index (χ0) is 25.1. The summed E-state index contributed by atoms with van der Waals surface area (Å²) in [5, 5.41) is 4.80. The van der Waals surface area contributed by atoms with Gasteiger partial charge in [0, 0.05) is 40.2 Å². The lowest BCUT2D eigenvalue weighted by atomic mass is 9.99. The number of fused-ring (bicyclic) bond motifs is 2. The minimum Gasteiger partial charge on any atom is -0.497 e. The molecule has 5 aromatic rings. The first-order valence-electron chi connectivity index (χ1n) is 11.7. The van der Waals surface area contributed by atoms with Crippen LogP contribution < -0.4 is 14.8 Å². The molecule has 0 saturated carbocycles. The molecule has 1 N–H and O–H groups in total. The van der Waals surface area contributed by atoms with Crippen LogP contribution in [0.1, 0.15) is 19.4 Å². The number of hydrogen-bond donors (Lipinski definition) is 1. The number of hydrogen-bond acceptors (Lipinski definition) is 5. The van der Waals surface area contributed by atoms with Crippen molar-refractivity contribution in [3.05, 3.63) is 90.8 Å². The standard InChI is InChI=1S/C30H26N2O4/c1-4-35-28-17-29-24(25(18-36-29)20-8-5-9-21(15-20)34-3)16-23(28)19(2)14-30(33)32-27-12-6-11-26-22(27)10-7-13-31-26/h5-18H,4H2,1-3H3,(H,32,33)/b19-14+. The SMILES string of the molecule is CCOc1cc2occ(-c3cccc(OC)c3)c2cc1/C(C)=C/C(=O)Nc1cccc2ncccc12. The third kappa shape index (κ3) is 4.53. The number of furan rings is 1. The fraction of sp³-hybridized carbons (Fsp3) is 0.133. The minimum absolute atomic E-state index is 0.230. The number of pyridine rings is 1. The number of benzene rings is 3. The molecule has 6 nitrogen and oxygen atoms in total. The molecule has 3 aromatic carbocycles. The number of anilines is 1. The van der Waals surface area contributed by atoms with E-state index in [-0.39, 0.29) is 5.91 Å². The smallest absolute Gasteiger partial charge is 0.248 e. The van der Waals surface area contributed by atoms with Crippen LogP contribution in [0.25, 0.3) is 38.6 Å². The van der Waals surface area contributed by atoms with Gasteiger partial charge in [-0.2, -0.15) is 0 Å². The number of nitrogens with zero attached hydrogens (tertiary/aromatic N) is 1. The van der Waals surface area contributed by atoms with E-state index in [1.54, 1.807) is 25.6 Å². The van der Waals surface area contributed by atoms with E-state index in [1.165, 1.54) is 0 Å². The Balaban J connectivity index is 1.52. The zero-order valence-corrected chi connectivity index (χ0v) is 20.4. The van der Waals surface area contributed by atoms with Gasteiger partial charge in [0.1, 0.15) is 17.1 Å². The Hall–Kier alpha value is -4.58. The Morgan fingerprint density at radius 3 is 2.75 bits per heavy atom. The number of nitrogens with one attached hydrogen (secondary N) is 1. The van der Waals surface area contributed by atoms with E-state index in [1.807, 2.05) is 80.6 Å². The third-order valence-electron chi connectivity index (χ3n) is 6.03. The molecular formula is C30H26N2O4. The molecule has 0 aliphatic rings. The summed E-state index contributed by atoms with van der Waals surface area (Å²) in [6, 6.07) is 21.2. The second-order valence-electron chi connectivity index (χ2n) is 8.35. The summed E-state index contributed by atoms with van der Waals surface area (Å²) in [5.41, 5.74) is 5.76. The molecule has 180 valence electrons. The number of aromatic nitrogens is 1. The normalized spacial score (nSPS) is 11.6. The summed E-state index contributed by atoms with van der Waals surface area (Å²) < 4.78 is 17.2. The maximum atomic E-state index is 13.0. The van der Waals surface area contributed by atoms with Crippen molar-refractivity contribution in [3.63, 3.8) is 0 Å². The van der Waals surface area contributed by atoms with Crippen LogP contribution in [0.5, 0.6) is 11.5 Å². The maximum absolute atomic E-state index is 13.0. The van der Waals surface area contributed by atoms with Crippen LogP contribution >= 0.6 is 0 Å². The van der Waals surface area contributed by atoms with Crippen LogP contribution in [0.3, 0.4) is 0 Å². The first-order chi connectivity index (χ1) is 17.6. The second-order valence-corrected chi connectivity index (χ2v) is 8.35. The lowest BCUT2D eigenvalue weighted by Crippen LogP contribution is -2.09. The topological polar surface area (TPSA) is 73.6 Å². The van der Waals surface area contributed by atoms with Crippen molar-refractivity contribution in [2.75, 3.05) is 19.0 Å². The Labute approximate surface area is 209 Å². The molecule has 0 aliphatic carbocycles. The molecule has 0 radical (unpaired) electrons. The molecule has 2 aromatic heterocycles. The van der Waals surface area contributed by atoms with Crippen molar-refractivity contribution in [2.45, 2.75) is 13.8 Å². The molecule has 0 unspecified atom stereocenters. The van der Waals surface area contributed by atoms with E-state index >= 15 is 0 Å². The maximum Gasteiger partial charge on any atom is 0.248 e. The molecule has 1 amide bonds. The molecule has 5 rings (SSSR count). The lowest BCUT2D eigenvalue weighted by Gasteiger charge is -2.12. The quantitative estimate of drug-likeness (QED) is 0.253. The lowest BCUT2D eigenvalue weighted by molar-refractivity contribution is -0.111. The summed E-state index contributed by atoms with van der Waals surface area (Å²) in [4.78, 5) is 17.4. The largest absolute Gasteiger partial charge is 0.497 e. The van der Waals surface area contributed by atoms with Gasteiger partial charge in [-0.3, -0.25) is 9.78 Å². The van der Waals surface area contributed by atoms with E-state index in [2.05, 4.69) is 10.3 Å². The summed E-state index contributed by atoms with van der Waals surface area (Å²) >= 11 is 0. The molecule has 6 heteroatoms. The Morgan fingerprint density at radius 1 is 1.06 bits per heavy atom. The van der Waals surface area contributed by atoms with Gasteiger partial charge in [0.25, 0.3) is 0 Å². The average Bonchev–Trinajstić information content (AvgIpc) is 3.31. The van der Waals surface area contributed by atoms with Crippen molar-refractivity contribution < 1.29 is 18.7 Å².